The smallest absolute Gasteiger partial charge is 0.405 e. The Kier molecular flexibility index (Phi) is 4.51. The van der Waals surface area contributed by atoms with Crippen LogP contribution in [0, 0.1) is 5.92 Å². The summed E-state index contributed by atoms with van der Waals surface area (Å²) in [5.74, 6) is -0.519. The van der Waals surface area contributed by atoms with Crippen molar-refractivity contribution in [2.24, 2.45) is 13.0 Å². The van der Waals surface area contributed by atoms with Gasteiger partial charge in [0.25, 0.3) is 0 Å². The molecule has 1 aliphatic heterocycles. The van der Waals surface area contributed by atoms with Gasteiger partial charge in [0.15, 0.2) is 0 Å². The molecular formula is C17H19N5O3. The highest BCUT2D eigenvalue weighted by molar-refractivity contribution is 5.96. The molecule has 2 aromatic rings. The van der Waals surface area contributed by atoms with E-state index in [4.69, 9.17) is 5.11 Å². The number of hydrogen-bond acceptors (Lipinski definition) is 4. The molecule has 0 saturated heterocycles. The second-order valence-corrected chi connectivity index (χ2v) is 5.95. The van der Waals surface area contributed by atoms with Gasteiger partial charge in [-0.05, 0) is 24.1 Å². The van der Waals surface area contributed by atoms with Crippen LogP contribution in [0.15, 0.2) is 36.7 Å². The van der Waals surface area contributed by atoms with E-state index in [9.17, 15) is 9.59 Å². The number of aryl methyl sites for hydroxylation is 1. The van der Waals surface area contributed by atoms with Crippen LogP contribution < -0.4 is 10.6 Å². The van der Waals surface area contributed by atoms with Gasteiger partial charge >= 0.3 is 6.09 Å². The first-order chi connectivity index (χ1) is 12.0. The summed E-state index contributed by atoms with van der Waals surface area (Å²) >= 11 is 0. The van der Waals surface area contributed by atoms with Gasteiger partial charge in [0.05, 0.1) is 29.5 Å². The fraction of sp³-hybridized carbons (Fsp3) is 0.294. The van der Waals surface area contributed by atoms with E-state index in [1.54, 1.807) is 43.2 Å². The Morgan fingerprint density at radius 3 is 3.04 bits per heavy atom. The van der Waals surface area contributed by atoms with E-state index in [1.807, 2.05) is 12.1 Å². The zero-order chi connectivity index (χ0) is 18.0. The fourth-order valence-corrected chi connectivity index (χ4v) is 2.81. The average molecular weight is 341 g/mol. The first-order valence-corrected chi connectivity index (χ1v) is 7.91. The zero-order valence-corrected chi connectivity index (χ0v) is 13.9. The molecule has 0 aromatic carbocycles. The van der Waals surface area contributed by atoms with Crippen LogP contribution in [0.3, 0.4) is 0 Å². The molecule has 3 N–H and O–H groups in total. The van der Waals surface area contributed by atoms with Crippen molar-refractivity contribution < 1.29 is 14.7 Å². The number of carboxylic acid groups (broad SMARTS) is 1. The normalized spacial score (nSPS) is 21.3. The molecule has 2 bridgehead atoms. The quantitative estimate of drug-likeness (QED) is 0.690. The van der Waals surface area contributed by atoms with Crippen molar-refractivity contribution in [3.63, 3.8) is 0 Å². The maximum absolute atomic E-state index is 12.4. The summed E-state index contributed by atoms with van der Waals surface area (Å²) in [6.07, 6.45) is 6.12. The number of hydrogen-bond donors (Lipinski definition) is 3. The van der Waals surface area contributed by atoms with E-state index >= 15 is 0 Å². The van der Waals surface area contributed by atoms with Gasteiger partial charge in [0.2, 0.25) is 5.91 Å². The molecule has 2 aromatic heterocycles. The van der Waals surface area contributed by atoms with E-state index < -0.39 is 12.1 Å². The number of pyridine rings is 1. The van der Waals surface area contributed by atoms with Gasteiger partial charge in [0, 0.05) is 13.2 Å². The number of carbonyl (C=O) groups excluding carboxylic acids is 1. The molecule has 2 amide bonds. The number of fused-ring (bicyclic) bond motifs is 4. The minimum Gasteiger partial charge on any atom is -0.465 e. The molecule has 2 atom stereocenters. The van der Waals surface area contributed by atoms with Crippen LogP contribution in [0.2, 0.25) is 0 Å². The molecule has 0 radical (unpaired) electrons. The summed E-state index contributed by atoms with van der Waals surface area (Å²) in [7, 11) is 1.77. The largest absolute Gasteiger partial charge is 0.465 e. The molecule has 3 rings (SSSR count). The highest BCUT2D eigenvalue weighted by atomic mass is 16.4. The summed E-state index contributed by atoms with van der Waals surface area (Å²) in [6, 6.07) is 3.16. The van der Waals surface area contributed by atoms with Crippen LogP contribution in [-0.4, -0.2) is 31.9 Å². The summed E-state index contributed by atoms with van der Waals surface area (Å²) in [5, 5.41) is 18.7. The molecule has 0 fully saturated rings. The van der Waals surface area contributed by atoms with E-state index in [2.05, 4.69) is 20.7 Å². The first-order valence-electron chi connectivity index (χ1n) is 7.91. The van der Waals surface area contributed by atoms with Gasteiger partial charge in [-0.25, -0.2) is 4.79 Å². The van der Waals surface area contributed by atoms with Crippen LogP contribution in [0.25, 0.3) is 11.4 Å². The number of carbonyl (C=O) groups is 2. The molecule has 3 heterocycles. The van der Waals surface area contributed by atoms with Gasteiger partial charge < -0.3 is 15.7 Å². The number of nitrogens with zero attached hydrogens (tertiary/aromatic N) is 3. The van der Waals surface area contributed by atoms with E-state index in [0.29, 0.717) is 23.5 Å². The molecule has 130 valence electrons. The lowest BCUT2D eigenvalue weighted by molar-refractivity contribution is -0.118. The predicted molar refractivity (Wildman–Crippen MR) is 91.9 cm³/mol. The van der Waals surface area contributed by atoms with Crippen LogP contribution in [0.4, 0.5) is 10.5 Å². The van der Waals surface area contributed by atoms with Crippen LogP contribution in [-0.2, 0) is 11.8 Å². The predicted octanol–water partition coefficient (Wildman–Crippen LogP) is 2.33. The third kappa shape index (κ3) is 3.52. The molecule has 25 heavy (non-hydrogen) atoms. The topological polar surface area (TPSA) is 109 Å². The lowest BCUT2D eigenvalue weighted by Gasteiger charge is -2.18. The van der Waals surface area contributed by atoms with Crippen molar-refractivity contribution in [3.8, 4) is 11.4 Å². The summed E-state index contributed by atoms with van der Waals surface area (Å²) in [4.78, 5) is 27.9. The Hall–Kier alpha value is -3.16. The SMILES string of the molecule is C[C@@H]1/C=C/C[C@H](NC(=O)O)c2ccnc(c2)-c2c(cnn2C)NC1=O. The standard InChI is InChI=1S/C17H19N5O3/c1-10-4-3-5-12(21-17(24)25)11-6-7-18-13(8-11)15-14(20-16(10)23)9-19-22(15)2/h3-4,6-10,12,21H,5H2,1-2H3,(H,20,23)(H,24,25)/b4-3+/t10-,12+/m1/s1. The van der Waals surface area contributed by atoms with Crippen molar-refractivity contribution in [1.29, 1.82) is 0 Å². The lowest BCUT2D eigenvalue weighted by atomic mass is 10.0. The number of rotatable bonds is 1. The highest BCUT2D eigenvalue weighted by Gasteiger charge is 2.20. The lowest BCUT2D eigenvalue weighted by Crippen LogP contribution is -2.26. The summed E-state index contributed by atoms with van der Waals surface area (Å²) in [5.41, 5.74) is 2.65. The molecule has 8 nitrogen and oxygen atoms in total. The Morgan fingerprint density at radius 2 is 2.28 bits per heavy atom. The average Bonchev–Trinajstić information content (AvgIpc) is 2.93. The minimum atomic E-state index is -1.10. The Morgan fingerprint density at radius 1 is 1.48 bits per heavy atom. The maximum atomic E-state index is 12.4. The molecule has 0 unspecified atom stereocenters. The Balaban J connectivity index is 2.13. The summed E-state index contributed by atoms with van der Waals surface area (Å²) < 4.78 is 1.63. The number of amides is 2. The van der Waals surface area contributed by atoms with Gasteiger partial charge in [-0.3, -0.25) is 14.5 Å². The Labute approximate surface area is 144 Å². The second-order valence-electron chi connectivity index (χ2n) is 5.95. The van der Waals surface area contributed by atoms with Gasteiger partial charge in [-0.1, -0.05) is 19.1 Å². The molecular weight excluding hydrogens is 322 g/mol. The molecule has 1 aliphatic rings. The number of anilines is 1. The van der Waals surface area contributed by atoms with Crippen molar-refractivity contribution in [1.82, 2.24) is 20.1 Å². The zero-order valence-electron chi connectivity index (χ0n) is 13.9. The third-order valence-electron chi connectivity index (χ3n) is 4.13. The van der Waals surface area contributed by atoms with Crippen molar-refractivity contribution in [2.45, 2.75) is 19.4 Å². The van der Waals surface area contributed by atoms with Crippen LogP contribution in [0.1, 0.15) is 24.9 Å². The van der Waals surface area contributed by atoms with Gasteiger partial charge in [0.1, 0.15) is 5.69 Å². The number of aromatic nitrogens is 3. The maximum Gasteiger partial charge on any atom is 0.405 e. The van der Waals surface area contributed by atoms with Gasteiger partial charge in [-0.15, -0.1) is 0 Å². The van der Waals surface area contributed by atoms with E-state index in [1.165, 1.54) is 0 Å². The van der Waals surface area contributed by atoms with Crippen molar-refractivity contribution >= 4 is 17.7 Å². The molecule has 0 aliphatic carbocycles. The van der Waals surface area contributed by atoms with Crippen molar-refractivity contribution in [2.75, 3.05) is 5.32 Å². The second kappa shape index (κ2) is 6.76. The fourth-order valence-electron chi connectivity index (χ4n) is 2.81. The van der Waals surface area contributed by atoms with Gasteiger partial charge in [-0.2, -0.15) is 5.10 Å². The van der Waals surface area contributed by atoms with E-state index in [0.717, 1.165) is 5.56 Å². The van der Waals surface area contributed by atoms with Crippen LogP contribution in [0.5, 0.6) is 0 Å². The van der Waals surface area contributed by atoms with E-state index in [-0.39, 0.29) is 11.8 Å². The Bertz CT molecular complexity index is 843. The first kappa shape index (κ1) is 16.7. The molecule has 0 spiro atoms. The molecule has 0 saturated carbocycles. The number of nitrogens with one attached hydrogen (secondary N) is 2. The molecule has 8 heteroatoms. The van der Waals surface area contributed by atoms with Crippen molar-refractivity contribution in [3.05, 3.63) is 42.2 Å². The van der Waals surface area contributed by atoms with Crippen LogP contribution >= 0.6 is 0 Å². The third-order valence-corrected chi connectivity index (χ3v) is 4.13. The summed E-state index contributed by atoms with van der Waals surface area (Å²) in [6.45, 7) is 1.78. The highest BCUT2D eigenvalue weighted by Crippen LogP contribution is 2.29. The minimum absolute atomic E-state index is 0.162. The monoisotopic (exact) mass is 341 g/mol.